The Morgan fingerprint density at radius 2 is 1.97 bits per heavy atom. The number of hydrogen-bond acceptors (Lipinski definition) is 9. The normalized spacial score (nSPS) is 12.5. The number of thioether (sulfide) groups is 1. The van der Waals surface area contributed by atoms with Gasteiger partial charge in [0, 0.05) is 6.54 Å². The first-order valence-electron chi connectivity index (χ1n) is 9.85. The smallest absolute Gasteiger partial charge is 0.239 e. The van der Waals surface area contributed by atoms with Gasteiger partial charge in [0.1, 0.15) is 16.6 Å². The van der Waals surface area contributed by atoms with Crippen LogP contribution in [0.4, 0.5) is 5.13 Å². The molecular weight excluding hydrogens is 468 g/mol. The van der Waals surface area contributed by atoms with Gasteiger partial charge < -0.3 is 4.57 Å². The minimum absolute atomic E-state index is 0.224. The standard InChI is InChI=1S/C20H24N6O3S3/c1-5-11-26-16(12-32(28,29)15-9-7-13(3)8-10-15)22-25-20(26)30-14(4)18(27)21-19-24-23-17(6-2)31-19/h5,7-10,14H,1,6,11-12H2,2-4H3,(H,21,24,27). The van der Waals surface area contributed by atoms with Gasteiger partial charge in [0.25, 0.3) is 0 Å². The van der Waals surface area contributed by atoms with Gasteiger partial charge in [0.15, 0.2) is 15.0 Å². The van der Waals surface area contributed by atoms with Crippen LogP contribution in [0, 0.1) is 6.92 Å². The average Bonchev–Trinajstić information content (AvgIpc) is 3.36. The van der Waals surface area contributed by atoms with E-state index in [0.717, 1.165) is 17.0 Å². The van der Waals surface area contributed by atoms with Gasteiger partial charge in [0.2, 0.25) is 11.0 Å². The van der Waals surface area contributed by atoms with Crippen LogP contribution in [0.25, 0.3) is 0 Å². The van der Waals surface area contributed by atoms with Crippen LogP contribution < -0.4 is 5.32 Å². The molecular formula is C20H24N6O3S3. The molecule has 1 N–H and O–H groups in total. The second kappa shape index (κ2) is 10.4. The number of nitrogens with one attached hydrogen (secondary N) is 1. The lowest BCUT2D eigenvalue weighted by molar-refractivity contribution is -0.115. The number of nitrogens with zero attached hydrogens (tertiary/aromatic N) is 5. The molecule has 0 aliphatic rings. The van der Waals surface area contributed by atoms with E-state index in [0.29, 0.717) is 16.8 Å². The lowest BCUT2D eigenvalue weighted by Gasteiger charge is -2.12. The maximum absolute atomic E-state index is 12.8. The van der Waals surface area contributed by atoms with Gasteiger partial charge in [-0.05, 0) is 32.4 Å². The summed E-state index contributed by atoms with van der Waals surface area (Å²) in [5.74, 6) is -0.268. The van der Waals surface area contributed by atoms with Crippen molar-refractivity contribution in [2.75, 3.05) is 5.32 Å². The quantitative estimate of drug-likeness (QED) is 0.338. The molecule has 3 aromatic rings. The molecule has 2 aromatic heterocycles. The summed E-state index contributed by atoms with van der Waals surface area (Å²) in [5.41, 5.74) is 0.976. The Morgan fingerprint density at radius 3 is 2.59 bits per heavy atom. The summed E-state index contributed by atoms with van der Waals surface area (Å²) in [4.78, 5) is 12.8. The molecule has 12 heteroatoms. The van der Waals surface area contributed by atoms with Crippen LogP contribution >= 0.6 is 23.1 Å². The number of benzene rings is 1. The number of carbonyl (C=O) groups excluding carboxylic acids is 1. The topological polar surface area (TPSA) is 120 Å². The highest BCUT2D eigenvalue weighted by atomic mass is 32.2. The van der Waals surface area contributed by atoms with Crippen molar-refractivity contribution < 1.29 is 13.2 Å². The predicted octanol–water partition coefficient (Wildman–Crippen LogP) is 3.28. The van der Waals surface area contributed by atoms with Crippen LogP contribution in [0.5, 0.6) is 0 Å². The molecule has 0 radical (unpaired) electrons. The van der Waals surface area contributed by atoms with Crippen LogP contribution in [-0.4, -0.2) is 44.5 Å². The van der Waals surface area contributed by atoms with Crippen molar-refractivity contribution in [1.29, 1.82) is 0 Å². The van der Waals surface area contributed by atoms with Crippen molar-refractivity contribution in [2.45, 2.75) is 54.8 Å². The molecule has 0 saturated carbocycles. The monoisotopic (exact) mass is 492 g/mol. The maximum Gasteiger partial charge on any atom is 0.239 e. The number of hydrogen-bond donors (Lipinski definition) is 1. The first kappa shape index (κ1) is 24.1. The third kappa shape index (κ3) is 5.81. The van der Waals surface area contributed by atoms with Crippen molar-refractivity contribution >= 4 is 44.0 Å². The molecule has 170 valence electrons. The van der Waals surface area contributed by atoms with E-state index in [-0.39, 0.29) is 22.4 Å². The molecule has 0 spiro atoms. The van der Waals surface area contributed by atoms with Crippen molar-refractivity contribution in [3.8, 4) is 0 Å². The molecule has 1 unspecified atom stereocenters. The SMILES string of the molecule is C=CCn1c(CS(=O)(=O)c2ccc(C)cc2)nnc1SC(C)C(=O)Nc1nnc(CC)s1. The summed E-state index contributed by atoms with van der Waals surface area (Å²) in [6.45, 7) is 9.65. The number of aromatic nitrogens is 5. The molecule has 0 bridgehead atoms. The molecule has 3 rings (SSSR count). The first-order valence-corrected chi connectivity index (χ1v) is 13.2. The van der Waals surface area contributed by atoms with E-state index in [1.165, 1.54) is 23.1 Å². The predicted molar refractivity (Wildman–Crippen MR) is 126 cm³/mol. The fourth-order valence-corrected chi connectivity index (χ4v) is 5.52. The molecule has 9 nitrogen and oxygen atoms in total. The third-order valence-electron chi connectivity index (χ3n) is 4.46. The van der Waals surface area contributed by atoms with Crippen molar-refractivity contribution in [3.05, 3.63) is 53.3 Å². The molecule has 1 aromatic carbocycles. The van der Waals surface area contributed by atoms with Crippen LogP contribution in [0.2, 0.25) is 0 Å². The first-order chi connectivity index (χ1) is 15.2. The minimum atomic E-state index is -3.60. The van der Waals surface area contributed by atoms with Crippen molar-refractivity contribution in [1.82, 2.24) is 25.0 Å². The summed E-state index contributed by atoms with van der Waals surface area (Å²) in [7, 11) is -3.60. The van der Waals surface area contributed by atoms with Gasteiger partial charge in [-0.25, -0.2) is 8.42 Å². The van der Waals surface area contributed by atoms with Crippen molar-refractivity contribution in [3.63, 3.8) is 0 Å². The number of rotatable bonds is 10. The lowest BCUT2D eigenvalue weighted by atomic mass is 10.2. The summed E-state index contributed by atoms with van der Waals surface area (Å²) in [6.07, 6.45) is 2.38. The van der Waals surface area contributed by atoms with Crippen molar-refractivity contribution in [2.24, 2.45) is 0 Å². The number of amides is 1. The number of aryl methyl sites for hydroxylation is 2. The van der Waals surface area contributed by atoms with Gasteiger partial charge in [-0.1, -0.05) is 53.8 Å². The highest BCUT2D eigenvalue weighted by molar-refractivity contribution is 8.00. The van der Waals surface area contributed by atoms with Gasteiger partial charge in [-0.3, -0.25) is 10.1 Å². The van der Waals surface area contributed by atoms with Crippen LogP contribution in [0.3, 0.4) is 0 Å². The Kier molecular flexibility index (Phi) is 7.80. The number of carbonyl (C=O) groups is 1. The minimum Gasteiger partial charge on any atom is -0.301 e. The summed E-state index contributed by atoms with van der Waals surface area (Å²) in [6, 6.07) is 6.67. The zero-order valence-corrected chi connectivity index (χ0v) is 20.4. The summed E-state index contributed by atoms with van der Waals surface area (Å²) in [5, 5.41) is 20.1. The van der Waals surface area contributed by atoms with E-state index in [2.05, 4.69) is 32.3 Å². The molecule has 0 aliphatic carbocycles. The number of allylic oxidation sites excluding steroid dienone is 1. The second-order valence-corrected chi connectivity index (χ2v) is 11.3. The molecule has 0 fully saturated rings. The van der Waals surface area contributed by atoms with E-state index < -0.39 is 15.1 Å². The largest absolute Gasteiger partial charge is 0.301 e. The van der Waals surface area contributed by atoms with E-state index >= 15 is 0 Å². The zero-order valence-electron chi connectivity index (χ0n) is 18.0. The lowest BCUT2D eigenvalue weighted by Crippen LogP contribution is -2.23. The van der Waals surface area contributed by atoms with Crippen LogP contribution in [0.1, 0.15) is 30.2 Å². The fourth-order valence-electron chi connectivity index (χ4n) is 2.69. The molecule has 2 heterocycles. The Bertz CT molecular complexity index is 1200. The van der Waals surface area contributed by atoms with Gasteiger partial charge >= 0.3 is 0 Å². The van der Waals surface area contributed by atoms with Gasteiger partial charge in [-0.15, -0.1) is 27.0 Å². The molecule has 0 saturated heterocycles. The van der Waals surface area contributed by atoms with E-state index in [4.69, 9.17) is 0 Å². The second-order valence-electron chi connectivity index (χ2n) is 6.97. The molecule has 32 heavy (non-hydrogen) atoms. The fraction of sp³-hybridized carbons (Fsp3) is 0.350. The Morgan fingerprint density at radius 1 is 1.25 bits per heavy atom. The highest BCUT2D eigenvalue weighted by Crippen LogP contribution is 2.26. The summed E-state index contributed by atoms with van der Waals surface area (Å²) < 4.78 is 27.4. The van der Waals surface area contributed by atoms with E-state index in [1.54, 1.807) is 41.8 Å². The van der Waals surface area contributed by atoms with Gasteiger partial charge in [-0.2, -0.15) is 0 Å². The zero-order chi connectivity index (χ0) is 23.3. The van der Waals surface area contributed by atoms with Gasteiger partial charge in [0.05, 0.1) is 10.1 Å². The average molecular weight is 493 g/mol. The third-order valence-corrected chi connectivity index (χ3v) is 8.15. The van der Waals surface area contributed by atoms with Crippen LogP contribution in [-0.2, 0) is 33.4 Å². The molecule has 1 amide bonds. The Hall–Kier alpha value is -2.57. The Labute approximate surface area is 195 Å². The van der Waals surface area contributed by atoms with E-state index in [1.807, 2.05) is 13.8 Å². The van der Waals surface area contributed by atoms with Crippen LogP contribution in [0.15, 0.2) is 47.0 Å². The summed E-state index contributed by atoms with van der Waals surface area (Å²) >= 11 is 2.51. The number of anilines is 1. The Balaban J connectivity index is 1.75. The van der Waals surface area contributed by atoms with E-state index in [9.17, 15) is 13.2 Å². The molecule has 0 aliphatic heterocycles. The number of sulfone groups is 1. The molecule has 1 atom stereocenters. The highest BCUT2D eigenvalue weighted by Gasteiger charge is 2.24. The maximum atomic E-state index is 12.8.